The Morgan fingerprint density at radius 3 is 1.12 bits per heavy atom. The van der Waals surface area contributed by atoms with Crippen molar-refractivity contribution in [2.75, 3.05) is 55.2 Å². The van der Waals surface area contributed by atoms with E-state index in [-0.39, 0.29) is 93.1 Å². The summed E-state index contributed by atoms with van der Waals surface area (Å²) in [6.45, 7) is 0. The molecule has 0 aliphatic carbocycles. The number of piperidine rings is 1. The fraction of sp³-hybridized carbons (Fsp3) is 0.439. The number of hydrogen-bond donors (Lipinski definition) is 8. The predicted molar refractivity (Wildman–Crippen MR) is 392 cm³/mol. The van der Waals surface area contributed by atoms with Crippen molar-refractivity contribution in [1.82, 2.24) is 19.6 Å². The van der Waals surface area contributed by atoms with Crippen LogP contribution in [0.1, 0.15) is 174 Å². The van der Waals surface area contributed by atoms with E-state index in [1.54, 1.807) is 84.1 Å². The van der Waals surface area contributed by atoms with Crippen molar-refractivity contribution in [2.45, 2.75) is 162 Å². The van der Waals surface area contributed by atoms with Gasteiger partial charge in [-0.1, -0.05) is 64.5 Å². The van der Waals surface area contributed by atoms with Crippen LogP contribution in [0.3, 0.4) is 0 Å². The standard InChI is InChI=1S/2C18H19ClN4O2S.C11H15N3OS.C8H13NO.C7H4ClNO.4CH4.2ClH.Y/c2*1-23-11-6-7-13(23)15-12(8-11)14(16(20)24)17(26-15)22-18(25)21-10-4-2-9(19)3-5-10;1-14-5-2-3-7(14)9-6(4-5)8(10(12)15)11(13)16-9;1-9-6-2-3-7(9)5-8(10)4-6;8-6-1-3-7(4-2-6)9-5-10;;;;;;;/h2*2-5,11,13H,6-8H2,1H3,(H2,20,24)(H2,21,22,25);5,7H,2-4,13H2,1H3,(H2,12,15);6-7H,2-5H2,1H3;1-4H;4*1H4;2*1H;. The molecule has 8 bridgehead atoms. The molecule has 5 fully saturated rings. The van der Waals surface area contributed by atoms with Crippen LogP contribution in [0.2, 0.25) is 15.1 Å². The SMILES string of the molecule is C.C.C.C.CN1C2CCC1CC(=O)C2.CN1C2CCC1c1sc(N)c(C(N)=O)c1C2.CN1C2CCC1c1sc(NC(=O)Nc3ccc(Cl)cc3)c(C(N)=O)c1C2.CN1C2CCC1c1sc(NC(=O)Nc3ccc(Cl)cc3)c(C(N)=O)c1C2.Cl.Cl.O=C=Nc1ccc(Cl)cc1.[Y]. The number of ketones is 1. The summed E-state index contributed by atoms with van der Waals surface area (Å²) in [7, 11) is 8.55. The van der Waals surface area contributed by atoms with Crippen LogP contribution < -0.4 is 44.2 Å². The zero-order chi connectivity index (χ0) is 62.8. The number of Topliss-reactive ketones (excluding diaryl/α,β-unsaturated/α-hetero) is 1. The third-order valence-electron chi connectivity index (χ3n) is 18.2. The molecule has 6 aromatic rings. The van der Waals surface area contributed by atoms with Gasteiger partial charge in [-0.15, -0.1) is 58.8 Å². The van der Waals surface area contributed by atoms with Crippen LogP contribution in [0.15, 0.2) is 77.8 Å². The average molecular weight is 1540 g/mol. The fourth-order valence-electron chi connectivity index (χ4n) is 13.6. The van der Waals surface area contributed by atoms with Crippen LogP contribution in [0.4, 0.5) is 41.7 Å². The van der Waals surface area contributed by atoms with Crippen molar-refractivity contribution in [3.8, 4) is 0 Å². The first-order valence-electron chi connectivity index (χ1n) is 29.1. The van der Waals surface area contributed by atoms with E-state index in [1.807, 2.05) is 0 Å². The van der Waals surface area contributed by atoms with Gasteiger partial charge in [0.25, 0.3) is 17.7 Å². The second-order valence-electron chi connectivity index (χ2n) is 23.3. The van der Waals surface area contributed by atoms with Crippen LogP contribution >= 0.6 is 93.6 Å². The molecule has 8 aliphatic rings. The molecule has 8 unspecified atom stereocenters. The van der Waals surface area contributed by atoms with Crippen LogP contribution in [0.25, 0.3) is 0 Å². The Balaban J connectivity index is 0.000000319. The first kappa shape index (κ1) is 84.2. The molecule has 1 radical (unpaired) electrons. The molecule has 20 nitrogen and oxygen atoms in total. The van der Waals surface area contributed by atoms with Gasteiger partial charge in [0.1, 0.15) is 15.8 Å². The van der Waals surface area contributed by atoms with E-state index >= 15 is 0 Å². The summed E-state index contributed by atoms with van der Waals surface area (Å²) in [6.07, 6.45) is 14.9. The minimum absolute atomic E-state index is 0. The van der Waals surface area contributed by atoms with Gasteiger partial charge in [-0.3, -0.25) is 49.4 Å². The number of amides is 7. The Morgan fingerprint density at radius 2 is 0.779 bits per heavy atom. The Hall–Kier alpha value is -5.05. The number of nitrogen functional groups attached to an aromatic ring is 1. The smallest absolute Gasteiger partial charge is 0.324 e. The molecule has 3 aromatic carbocycles. The Labute approximate surface area is 622 Å². The summed E-state index contributed by atoms with van der Waals surface area (Å²) in [5.74, 6) is -0.883. The van der Waals surface area contributed by atoms with Gasteiger partial charge >= 0.3 is 12.1 Å². The van der Waals surface area contributed by atoms with Crippen LogP contribution in [-0.2, 0) is 61.6 Å². The Bertz CT molecular complexity index is 3540. The quantitative estimate of drug-likeness (QED) is 0.0521. The molecule has 12 N–H and O–H groups in total. The maximum absolute atomic E-state index is 12.4. The van der Waals surface area contributed by atoms with E-state index in [9.17, 15) is 33.6 Å². The molecule has 7 amide bonds. The summed E-state index contributed by atoms with van der Waals surface area (Å²) in [5.41, 5.74) is 29.0. The number of aliphatic imine (C=N–C) groups is 1. The largest absolute Gasteiger partial charge is 0.390 e. The summed E-state index contributed by atoms with van der Waals surface area (Å²) < 4.78 is 0. The van der Waals surface area contributed by atoms with Gasteiger partial charge in [-0.25, -0.2) is 14.4 Å². The minimum atomic E-state index is -0.492. The van der Waals surface area contributed by atoms with Crippen molar-refractivity contribution in [2.24, 2.45) is 22.2 Å². The molecule has 11 heterocycles. The monoisotopic (exact) mass is 1530 g/mol. The molecule has 515 valence electrons. The number of urea groups is 2. The molecule has 8 aliphatic heterocycles. The van der Waals surface area contributed by atoms with Crippen molar-refractivity contribution in [3.63, 3.8) is 0 Å². The predicted octanol–water partition coefficient (Wildman–Crippen LogP) is 15.3. The molecule has 14 rings (SSSR count). The van der Waals surface area contributed by atoms with Crippen LogP contribution in [0, 0.1) is 0 Å². The number of thiophene rings is 3. The topological polar surface area (TPSA) is 297 Å². The number of fused-ring (bicyclic) bond motifs is 14. The number of isocyanates is 1. The molecule has 3 aromatic heterocycles. The van der Waals surface area contributed by atoms with Crippen LogP contribution in [0.5, 0.6) is 0 Å². The third-order valence-corrected chi connectivity index (χ3v) is 22.6. The number of carbonyl (C=O) groups is 6. The summed E-state index contributed by atoms with van der Waals surface area (Å²) in [6, 6.07) is 23.1. The molecule has 29 heteroatoms. The van der Waals surface area contributed by atoms with Gasteiger partial charge in [0.2, 0.25) is 6.08 Å². The number of halogens is 5. The van der Waals surface area contributed by atoms with Gasteiger partial charge in [-0.2, -0.15) is 4.99 Å². The molecular formula is C66H88Cl5N13O7S3Y. The van der Waals surface area contributed by atoms with Gasteiger partial charge in [0, 0.05) is 135 Å². The molecule has 0 saturated carbocycles. The maximum Gasteiger partial charge on any atom is 0.324 e. The van der Waals surface area contributed by atoms with E-state index < -0.39 is 23.9 Å². The van der Waals surface area contributed by atoms with Crippen LogP contribution in [-0.4, -0.2) is 120 Å². The average Bonchev–Trinajstić information content (AvgIpc) is 1.61. The first-order chi connectivity index (χ1) is 42.1. The number of hydrogen-bond acceptors (Lipinski definition) is 16. The first-order valence-corrected chi connectivity index (χ1v) is 32.7. The normalized spacial score (nSPS) is 21.6. The number of carbonyl (C=O) groups excluding carboxylic acids is 7. The number of likely N-dealkylation sites (N-methyl/N-ethyl adjacent to an activating group) is 3. The summed E-state index contributed by atoms with van der Waals surface area (Å²) in [4.78, 5) is 97.5. The van der Waals surface area contributed by atoms with Gasteiger partial charge < -0.3 is 33.6 Å². The number of nitrogens with two attached hydrogens (primary N) is 4. The van der Waals surface area contributed by atoms with Gasteiger partial charge in [-0.05, 0) is 188 Å². The minimum Gasteiger partial charge on any atom is -0.390 e. The number of primary amides is 3. The van der Waals surface area contributed by atoms with E-state index in [4.69, 9.17) is 57.7 Å². The molecule has 0 spiro atoms. The zero-order valence-electron chi connectivity index (χ0n) is 50.4. The van der Waals surface area contributed by atoms with Crippen molar-refractivity contribution in [1.29, 1.82) is 0 Å². The number of nitrogens with zero attached hydrogens (tertiary/aromatic N) is 5. The van der Waals surface area contributed by atoms with E-state index in [0.29, 0.717) is 118 Å². The van der Waals surface area contributed by atoms with E-state index in [1.165, 1.54) is 59.3 Å². The number of rotatable bonds is 8. The van der Waals surface area contributed by atoms with Crippen molar-refractivity contribution < 1.29 is 66.3 Å². The molecular weight excluding hydrogens is 1450 g/mol. The van der Waals surface area contributed by atoms with E-state index in [2.05, 4.69) is 74.0 Å². The van der Waals surface area contributed by atoms with E-state index in [0.717, 1.165) is 84.2 Å². The second-order valence-corrected chi connectivity index (χ2v) is 27.8. The second kappa shape index (κ2) is 36.7. The number of anilines is 5. The fourth-order valence-corrected chi connectivity index (χ4v) is 18.1. The molecule has 95 heavy (non-hydrogen) atoms. The number of nitrogens with one attached hydrogen (secondary N) is 4. The summed E-state index contributed by atoms with van der Waals surface area (Å²) >= 11 is 21.7. The van der Waals surface area contributed by atoms with Gasteiger partial charge in [0.05, 0.1) is 27.4 Å². The zero-order valence-corrected chi connectivity index (χ0v) is 59.6. The third kappa shape index (κ3) is 19.0. The van der Waals surface area contributed by atoms with Crippen molar-refractivity contribution >= 4 is 167 Å². The molecule has 5 saturated heterocycles. The van der Waals surface area contributed by atoms with Gasteiger partial charge in [0.15, 0.2) is 0 Å². The maximum atomic E-state index is 12.4. The number of benzene rings is 3. The van der Waals surface area contributed by atoms with Crippen molar-refractivity contribution in [3.05, 3.63) is 136 Å². The Kier molecular flexibility index (Phi) is 32.5. The Morgan fingerprint density at radius 1 is 0.474 bits per heavy atom. The molecule has 8 atom stereocenters. The summed E-state index contributed by atoms with van der Waals surface area (Å²) in [5, 5.41) is 14.6.